The average molecular weight is 425 g/mol. The smallest absolute Gasteiger partial charge is 0.316 e. The minimum Gasteiger partial charge on any atom is -0.462 e. The maximum absolute atomic E-state index is 12.9. The summed E-state index contributed by atoms with van der Waals surface area (Å²) in [6.07, 6.45) is -0.930. The van der Waals surface area contributed by atoms with Gasteiger partial charge in [0.25, 0.3) is 0 Å². The zero-order valence-corrected chi connectivity index (χ0v) is 18.9. The van der Waals surface area contributed by atoms with E-state index >= 15 is 0 Å². The highest BCUT2D eigenvalue weighted by atomic mass is 16.7. The standard InChI is InChI=1S/C22H36N2O6/c1-11-9-16(28-6)12(2)13(3)20(25)15(5)21(26)29-10-17-19-14(4)18(11)23-7-8-24(19)22(27)30-17/h11-17,19,22,27H,7-10H2,1-6H3/t11-,12-,13-,14?,15?,16?,17?,19?,22?/m1/s1. The van der Waals surface area contributed by atoms with Gasteiger partial charge in [-0.05, 0) is 25.2 Å². The van der Waals surface area contributed by atoms with Gasteiger partial charge in [-0.3, -0.25) is 14.6 Å². The van der Waals surface area contributed by atoms with Crippen molar-refractivity contribution in [3.63, 3.8) is 0 Å². The number of carbonyl (C=O) groups excluding carboxylic acids is 2. The molecule has 0 saturated carbocycles. The molecule has 0 aromatic heterocycles. The van der Waals surface area contributed by atoms with Crippen LogP contribution in [0.5, 0.6) is 0 Å². The monoisotopic (exact) mass is 424 g/mol. The molecule has 170 valence electrons. The van der Waals surface area contributed by atoms with Crippen LogP contribution in [-0.2, 0) is 23.8 Å². The van der Waals surface area contributed by atoms with Crippen LogP contribution in [0.4, 0.5) is 0 Å². The van der Waals surface area contributed by atoms with E-state index < -0.39 is 24.4 Å². The van der Waals surface area contributed by atoms with Crippen molar-refractivity contribution < 1.29 is 28.9 Å². The molecule has 0 aromatic rings. The molecule has 2 fully saturated rings. The summed E-state index contributed by atoms with van der Waals surface area (Å²) in [5.41, 5.74) is 1.06. The number of carbonyl (C=O) groups is 2. The summed E-state index contributed by atoms with van der Waals surface area (Å²) in [5.74, 6) is -1.76. The summed E-state index contributed by atoms with van der Waals surface area (Å²) in [7, 11) is 1.67. The SMILES string of the molecule is COC1C[C@@H](C)C2=NCCN3C(O)OC(COC(=O)C(C)C(=O)[C@H](C)[C@H]1C)C3C2C. The molecule has 0 amide bonds. The molecule has 2 saturated heterocycles. The molecule has 0 aliphatic carbocycles. The molecule has 3 heterocycles. The van der Waals surface area contributed by atoms with Crippen LogP contribution in [0.15, 0.2) is 4.99 Å². The highest BCUT2D eigenvalue weighted by molar-refractivity contribution is 5.99. The number of aliphatic imine (C=N–C) groups is 1. The van der Waals surface area contributed by atoms with Crippen LogP contribution >= 0.6 is 0 Å². The van der Waals surface area contributed by atoms with Gasteiger partial charge in [0.2, 0.25) is 6.41 Å². The van der Waals surface area contributed by atoms with Crippen molar-refractivity contribution in [3.05, 3.63) is 0 Å². The van der Waals surface area contributed by atoms with Gasteiger partial charge in [0.15, 0.2) is 0 Å². The zero-order valence-electron chi connectivity index (χ0n) is 18.9. The summed E-state index contributed by atoms with van der Waals surface area (Å²) in [6, 6.07) is -0.150. The van der Waals surface area contributed by atoms with Gasteiger partial charge in [-0.15, -0.1) is 0 Å². The van der Waals surface area contributed by atoms with Crippen molar-refractivity contribution in [2.45, 2.75) is 65.7 Å². The number of ether oxygens (including phenoxy) is 3. The van der Waals surface area contributed by atoms with Gasteiger partial charge in [-0.2, -0.15) is 0 Å². The van der Waals surface area contributed by atoms with Crippen molar-refractivity contribution in [2.24, 2.45) is 34.6 Å². The minimum absolute atomic E-state index is 0.00527. The number of cyclic esters (lactones) is 1. The van der Waals surface area contributed by atoms with Gasteiger partial charge in [0.05, 0.1) is 18.7 Å². The maximum atomic E-state index is 12.9. The van der Waals surface area contributed by atoms with E-state index in [1.165, 1.54) is 0 Å². The van der Waals surface area contributed by atoms with Crippen LogP contribution in [0.2, 0.25) is 0 Å². The second kappa shape index (κ2) is 9.42. The van der Waals surface area contributed by atoms with E-state index in [1.807, 2.05) is 18.7 Å². The van der Waals surface area contributed by atoms with E-state index in [4.69, 9.17) is 19.2 Å². The fourth-order valence-corrected chi connectivity index (χ4v) is 5.28. The number of Topliss-reactive ketones (excluding diaryl/α,β-unsaturated/α-hetero) is 1. The molecule has 30 heavy (non-hydrogen) atoms. The van der Waals surface area contributed by atoms with Gasteiger partial charge in [-0.25, -0.2) is 4.90 Å². The number of hydrogen-bond acceptors (Lipinski definition) is 8. The first-order valence-electron chi connectivity index (χ1n) is 11.0. The molecule has 1 N–H and O–H groups in total. The highest BCUT2D eigenvalue weighted by Crippen LogP contribution is 2.34. The third kappa shape index (κ3) is 4.33. The number of aliphatic hydroxyl groups is 1. The van der Waals surface area contributed by atoms with Crippen LogP contribution in [0.25, 0.3) is 0 Å². The quantitative estimate of drug-likeness (QED) is 0.503. The van der Waals surface area contributed by atoms with Crippen LogP contribution in [0.3, 0.4) is 0 Å². The topological polar surface area (TPSA) is 97.7 Å². The van der Waals surface area contributed by atoms with E-state index in [9.17, 15) is 14.7 Å². The fourth-order valence-electron chi connectivity index (χ4n) is 5.28. The number of esters is 1. The Morgan fingerprint density at radius 2 is 1.83 bits per heavy atom. The lowest BCUT2D eigenvalue weighted by atomic mass is 9.78. The maximum Gasteiger partial charge on any atom is 0.316 e. The van der Waals surface area contributed by atoms with Crippen LogP contribution < -0.4 is 0 Å². The molecule has 9 atom stereocenters. The predicted molar refractivity (Wildman–Crippen MR) is 111 cm³/mol. The van der Waals surface area contributed by atoms with Gasteiger partial charge < -0.3 is 19.3 Å². The van der Waals surface area contributed by atoms with Gasteiger partial charge in [0, 0.05) is 31.2 Å². The number of methoxy groups -OCH3 is 1. The Balaban J connectivity index is 1.96. The number of hydrogen-bond donors (Lipinski definition) is 1. The first-order chi connectivity index (χ1) is 14.2. The van der Waals surface area contributed by atoms with Gasteiger partial charge in [0.1, 0.15) is 24.4 Å². The summed E-state index contributed by atoms with van der Waals surface area (Å²) in [6.45, 7) is 10.9. The summed E-state index contributed by atoms with van der Waals surface area (Å²) >= 11 is 0. The van der Waals surface area contributed by atoms with Crippen molar-refractivity contribution >= 4 is 17.5 Å². The molecule has 2 bridgehead atoms. The number of rotatable bonds is 1. The lowest BCUT2D eigenvalue weighted by Gasteiger charge is -2.34. The third-order valence-corrected chi connectivity index (χ3v) is 7.36. The second-order valence-electron chi connectivity index (χ2n) is 9.14. The molecule has 3 aliphatic heterocycles. The molecular formula is C22H36N2O6. The van der Waals surface area contributed by atoms with Gasteiger partial charge in [-0.1, -0.05) is 27.7 Å². The fraction of sp³-hybridized carbons (Fsp3) is 0.864. The van der Waals surface area contributed by atoms with Gasteiger partial charge >= 0.3 is 5.97 Å². The molecule has 6 unspecified atom stereocenters. The lowest BCUT2D eigenvalue weighted by molar-refractivity contribution is -0.168. The highest BCUT2D eigenvalue weighted by Gasteiger charge is 2.48. The van der Waals surface area contributed by atoms with Crippen molar-refractivity contribution in [3.8, 4) is 0 Å². The zero-order chi connectivity index (χ0) is 22.2. The van der Waals surface area contributed by atoms with Crippen molar-refractivity contribution in [1.82, 2.24) is 4.90 Å². The predicted octanol–water partition coefficient (Wildman–Crippen LogP) is 1.50. The molecule has 0 radical (unpaired) electrons. The van der Waals surface area contributed by atoms with E-state index in [-0.39, 0.29) is 48.2 Å². The van der Waals surface area contributed by atoms with Crippen LogP contribution in [0, 0.1) is 29.6 Å². The number of nitrogens with zero attached hydrogens (tertiary/aromatic N) is 2. The summed E-state index contributed by atoms with van der Waals surface area (Å²) in [5, 5.41) is 10.4. The largest absolute Gasteiger partial charge is 0.462 e. The number of fused-ring (bicyclic) bond motifs is 1. The Morgan fingerprint density at radius 3 is 2.50 bits per heavy atom. The molecule has 0 spiro atoms. The van der Waals surface area contributed by atoms with E-state index in [2.05, 4.69) is 13.8 Å². The van der Waals surface area contributed by atoms with Crippen molar-refractivity contribution in [1.29, 1.82) is 0 Å². The third-order valence-electron chi connectivity index (χ3n) is 7.36. The second-order valence-corrected chi connectivity index (χ2v) is 9.14. The molecule has 8 heteroatoms. The Labute approximate surface area is 178 Å². The van der Waals surface area contributed by atoms with E-state index in [1.54, 1.807) is 14.0 Å². The number of aliphatic hydroxyl groups excluding tert-OH is 1. The van der Waals surface area contributed by atoms with Crippen molar-refractivity contribution in [2.75, 3.05) is 26.8 Å². The Bertz CT molecular complexity index is 683. The molecule has 3 rings (SSSR count). The molecular weight excluding hydrogens is 388 g/mol. The van der Waals surface area contributed by atoms with E-state index in [0.29, 0.717) is 13.1 Å². The summed E-state index contributed by atoms with van der Waals surface area (Å²) < 4.78 is 17.0. The summed E-state index contributed by atoms with van der Waals surface area (Å²) in [4.78, 5) is 32.3. The lowest BCUT2D eigenvalue weighted by Crippen LogP contribution is -2.47. The normalized spacial score (nSPS) is 44.1. The average Bonchev–Trinajstić information content (AvgIpc) is 2.93. The number of ketones is 1. The first kappa shape index (κ1) is 23.3. The van der Waals surface area contributed by atoms with Crippen LogP contribution in [-0.4, -0.2) is 78.9 Å². The Hall–Kier alpha value is -1.35. The molecule has 3 aliphatic rings. The Kier molecular flexibility index (Phi) is 7.32. The van der Waals surface area contributed by atoms with Crippen LogP contribution in [0.1, 0.15) is 41.0 Å². The minimum atomic E-state index is -1.05. The first-order valence-corrected chi connectivity index (χ1v) is 11.0. The van der Waals surface area contributed by atoms with E-state index in [0.717, 1.165) is 12.1 Å². The molecule has 8 nitrogen and oxygen atoms in total. The Morgan fingerprint density at radius 1 is 1.13 bits per heavy atom. The molecule has 0 aromatic carbocycles.